The fourth-order valence-electron chi connectivity index (χ4n) is 1.44. The van der Waals surface area contributed by atoms with Crippen LogP contribution in [0.15, 0.2) is 5.38 Å². The molecule has 0 aliphatic carbocycles. The van der Waals surface area contributed by atoms with Gasteiger partial charge in [-0.25, -0.2) is 4.98 Å². The second-order valence-corrected chi connectivity index (χ2v) is 4.59. The van der Waals surface area contributed by atoms with Crippen molar-refractivity contribution in [3.63, 3.8) is 0 Å². The predicted molar refractivity (Wildman–Crippen MR) is 54.1 cm³/mol. The van der Waals surface area contributed by atoms with Crippen LogP contribution in [0.25, 0.3) is 0 Å². The summed E-state index contributed by atoms with van der Waals surface area (Å²) in [6.45, 7) is 3.21. The number of hydrogen-bond acceptors (Lipinski definition) is 4. The fraction of sp³-hybridized carbons (Fsp3) is 0.600. The van der Waals surface area contributed by atoms with E-state index >= 15 is 0 Å². The van der Waals surface area contributed by atoms with Gasteiger partial charge in [-0.05, 0) is 6.42 Å². The Morgan fingerprint density at radius 1 is 1.71 bits per heavy atom. The number of hydrogen-bond donors (Lipinski definition) is 0. The van der Waals surface area contributed by atoms with Gasteiger partial charge in [0.05, 0.1) is 30.0 Å². The summed E-state index contributed by atoms with van der Waals surface area (Å²) < 4.78 is 5.09. The molecule has 2 heterocycles. The summed E-state index contributed by atoms with van der Waals surface area (Å²) in [5, 5.41) is 12.1. The molecule has 1 aromatic heterocycles. The Hall–Kier alpha value is -0.920. The highest BCUT2D eigenvalue weighted by molar-refractivity contribution is 7.09. The Balaban J connectivity index is 2.07. The quantitative estimate of drug-likeness (QED) is 0.760. The lowest BCUT2D eigenvalue weighted by Crippen LogP contribution is -2.43. The van der Waals surface area contributed by atoms with E-state index in [9.17, 15) is 0 Å². The van der Waals surface area contributed by atoms with Crippen LogP contribution in [0.1, 0.15) is 17.6 Å². The van der Waals surface area contributed by atoms with Gasteiger partial charge in [-0.15, -0.1) is 11.3 Å². The van der Waals surface area contributed by atoms with Crippen LogP contribution in [0, 0.1) is 16.7 Å². The van der Waals surface area contributed by atoms with Crippen LogP contribution in [-0.2, 0) is 17.6 Å². The van der Waals surface area contributed by atoms with Gasteiger partial charge in [0.1, 0.15) is 5.41 Å². The summed E-state index contributed by atoms with van der Waals surface area (Å²) in [6, 6.07) is 2.33. The van der Waals surface area contributed by atoms with Crippen molar-refractivity contribution in [2.45, 2.75) is 19.8 Å². The van der Waals surface area contributed by atoms with Crippen LogP contribution in [0.5, 0.6) is 0 Å². The predicted octanol–water partition coefficient (Wildman–Crippen LogP) is 1.79. The van der Waals surface area contributed by atoms with E-state index < -0.39 is 0 Å². The van der Waals surface area contributed by atoms with Gasteiger partial charge in [0.2, 0.25) is 0 Å². The molecular formula is C10H12N2OS. The van der Waals surface area contributed by atoms with E-state index in [1.807, 2.05) is 0 Å². The fourth-order valence-corrected chi connectivity index (χ4v) is 2.46. The number of aromatic nitrogens is 1. The molecule has 3 nitrogen and oxygen atoms in total. The van der Waals surface area contributed by atoms with Crippen molar-refractivity contribution in [1.29, 1.82) is 5.26 Å². The normalized spacial score (nSPS) is 18.6. The van der Waals surface area contributed by atoms with E-state index in [1.54, 1.807) is 11.3 Å². The minimum absolute atomic E-state index is 0.289. The molecule has 0 atom stereocenters. The van der Waals surface area contributed by atoms with Gasteiger partial charge in [-0.1, -0.05) is 6.92 Å². The van der Waals surface area contributed by atoms with Crippen molar-refractivity contribution in [2.75, 3.05) is 13.2 Å². The van der Waals surface area contributed by atoms with Crippen LogP contribution < -0.4 is 0 Å². The van der Waals surface area contributed by atoms with E-state index in [-0.39, 0.29) is 5.41 Å². The van der Waals surface area contributed by atoms with Crippen molar-refractivity contribution >= 4 is 11.3 Å². The maximum absolute atomic E-state index is 9.01. The third kappa shape index (κ3) is 1.66. The molecule has 0 aromatic carbocycles. The van der Waals surface area contributed by atoms with Gasteiger partial charge in [-0.3, -0.25) is 0 Å². The van der Waals surface area contributed by atoms with E-state index in [0.29, 0.717) is 13.2 Å². The van der Waals surface area contributed by atoms with Crippen LogP contribution in [-0.4, -0.2) is 18.2 Å². The van der Waals surface area contributed by atoms with Crippen LogP contribution in [0.2, 0.25) is 0 Å². The van der Waals surface area contributed by atoms with Crippen LogP contribution in [0.3, 0.4) is 0 Å². The average molecular weight is 208 g/mol. The Labute approximate surface area is 87.3 Å². The summed E-state index contributed by atoms with van der Waals surface area (Å²) in [4.78, 5) is 4.46. The molecule has 0 radical (unpaired) electrons. The molecular weight excluding hydrogens is 196 g/mol. The Kier molecular flexibility index (Phi) is 2.53. The first-order chi connectivity index (χ1) is 6.78. The molecule has 1 saturated heterocycles. The van der Waals surface area contributed by atoms with Gasteiger partial charge in [0.25, 0.3) is 0 Å². The van der Waals surface area contributed by atoms with E-state index in [0.717, 1.165) is 23.5 Å². The zero-order chi connectivity index (χ0) is 10.0. The van der Waals surface area contributed by atoms with Crippen molar-refractivity contribution in [3.8, 4) is 6.07 Å². The molecule has 0 unspecified atom stereocenters. The van der Waals surface area contributed by atoms with Crippen LogP contribution in [0.4, 0.5) is 0 Å². The van der Waals surface area contributed by atoms with Crippen molar-refractivity contribution in [2.24, 2.45) is 5.41 Å². The summed E-state index contributed by atoms with van der Waals surface area (Å²) in [5.41, 5.74) is 0.835. The van der Waals surface area contributed by atoms with Crippen molar-refractivity contribution < 1.29 is 4.74 Å². The monoisotopic (exact) mass is 208 g/mol. The zero-order valence-corrected chi connectivity index (χ0v) is 8.93. The number of thiazole rings is 1. The number of aryl methyl sites for hydroxylation is 1. The lowest BCUT2D eigenvalue weighted by atomic mass is 9.84. The minimum atomic E-state index is -0.289. The second kappa shape index (κ2) is 3.68. The highest BCUT2D eigenvalue weighted by Gasteiger charge is 2.39. The molecule has 74 valence electrons. The van der Waals surface area contributed by atoms with E-state index in [1.165, 1.54) is 0 Å². The Morgan fingerprint density at radius 3 is 2.93 bits per heavy atom. The average Bonchev–Trinajstić information content (AvgIpc) is 2.59. The van der Waals surface area contributed by atoms with Crippen molar-refractivity contribution in [1.82, 2.24) is 4.98 Å². The smallest absolute Gasteiger partial charge is 0.110 e. The molecule has 14 heavy (non-hydrogen) atoms. The summed E-state index contributed by atoms with van der Waals surface area (Å²) in [5.74, 6) is 0. The molecule has 0 amide bonds. The SMILES string of the molecule is CCc1csc(CC2(C#N)COC2)n1. The van der Waals surface area contributed by atoms with E-state index in [2.05, 4.69) is 23.4 Å². The molecule has 4 heteroatoms. The number of rotatable bonds is 3. The largest absolute Gasteiger partial charge is 0.378 e. The first-order valence-electron chi connectivity index (χ1n) is 4.70. The topological polar surface area (TPSA) is 45.9 Å². The lowest BCUT2D eigenvalue weighted by molar-refractivity contribution is -0.0765. The molecule has 0 bridgehead atoms. The first kappa shape index (κ1) is 9.63. The Bertz CT molecular complexity index is 362. The van der Waals surface area contributed by atoms with E-state index in [4.69, 9.17) is 10.00 Å². The highest BCUT2D eigenvalue weighted by atomic mass is 32.1. The summed E-state index contributed by atoms with van der Waals surface area (Å²) in [7, 11) is 0. The zero-order valence-electron chi connectivity index (χ0n) is 8.12. The number of nitrogens with zero attached hydrogens (tertiary/aromatic N) is 2. The maximum Gasteiger partial charge on any atom is 0.110 e. The lowest BCUT2D eigenvalue weighted by Gasteiger charge is -2.34. The van der Waals surface area contributed by atoms with Gasteiger partial charge in [0, 0.05) is 11.8 Å². The molecule has 0 spiro atoms. The number of ether oxygens (including phenoxy) is 1. The molecule has 1 fully saturated rings. The van der Waals surface area contributed by atoms with Gasteiger partial charge >= 0.3 is 0 Å². The Morgan fingerprint density at radius 2 is 2.50 bits per heavy atom. The molecule has 1 aliphatic heterocycles. The first-order valence-corrected chi connectivity index (χ1v) is 5.58. The van der Waals surface area contributed by atoms with Gasteiger partial charge in [0.15, 0.2) is 0 Å². The van der Waals surface area contributed by atoms with Gasteiger partial charge < -0.3 is 4.74 Å². The van der Waals surface area contributed by atoms with Crippen molar-refractivity contribution in [3.05, 3.63) is 16.1 Å². The second-order valence-electron chi connectivity index (χ2n) is 3.65. The molecule has 0 N–H and O–H groups in total. The number of nitriles is 1. The van der Waals surface area contributed by atoms with Crippen LogP contribution >= 0.6 is 11.3 Å². The molecule has 1 aromatic rings. The molecule has 2 rings (SSSR count). The minimum Gasteiger partial charge on any atom is -0.378 e. The highest BCUT2D eigenvalue weighted by Crippen LogP contribution is 2.31. The maximum atomic E-state index is 9.01. The molecule has 0 saturated carbocycles. The summed E-state index contributed by atoms with van der Waals surface area (Å²) >= 11 is 1.65. The summed E-state index contributed by atoms with van der Waals surface area (Å²) in [6.07, 6.45) is 1.71. The third-order valence-corrected chi connectivity index (χ3v) is 3.34. The third-order valence-electron chi connectivity index (χ3n) is 2.45. The molecule has 1 aliphatic rings. The van der Waals surface area contributed by atoms with Gasteiger partial charge in [-0.2, -0.15) is 5.26 Å². The standard InChI is InChI=1S/C10H12N2OS/c1-2-8-4-14-9(12-8)3-10(5-11)6-13-7-10/h4H,2-3,6-7H2,1H3.